The quantitative estimate of drug-likeness (QED) is 0.467. The van der Waals surface area contributed by atoms with Crippen LogP contribution in [0.1, 0.15) is 24.2 Å². The summed E-state index contributed by atoms with van der Waals surface area (Å²) in [4.78, 5) is 26.6. The van der Waals surface area contributed by atoms with Crippen LogP contribution >= 0.6 is 0 Å². The van der Waals surface area contributed by atoms with Crippen molar-refractivity contribution in [3.63, 3.8) is 0 Å². The Morgan fingerprint density at radius 2 is 1.91 bits per heavy atom. The molecule has 0 unspecified atom stereocenters. The molecule has 180 valence electrons. The van der Waals surface area contributed by atoms with Gasteiger partial charge in [-0.1, -0.05) is 0 Å². The molecule has 1 aliphatic rings. The number of carbonyl (C=O) groups excluding carboxylic acids is 1. The van der Waals surface area contributed by atoms with Gasteiger partial charge in [-0.05, 0) is 31.9 Å². The Labute approximate surface area is 186 Å². The number of imidazole rings is 1. The first-order chi connectivity index (χ1) is 15.3. The molecule has 33 heavy (non-hydrogen) atoms. The Morgan fingerprint density at radius 1 is 1.27 bits per heavy atom. The van der Waals surface area contributed by atoms with Gasteiger partial charge >= 0.3 is 6.18 Å². The van der Waals surface area contributed by atoms with Gasteiger partial charge in [0, 0.05) is 38.3 Å². The van der Waals surface area contributed by atoms with E-state index in [9.17, 15) is 36.5 Å². The summed E-state index contributed by atoms with van der Waals surface area (Å²) in [5.74, 6) is -0.621. The molecule has 2 aromatic rings. The monoisotopic (exact) mass is 490 g/mol. The fraction of sp³-hybridized carbons (Fsp3) is 0.444. The normalized spacial score (nSPS) is 15.9. The van der Waals surface area contributed by atoms with Crippen LogP contribution in [0.2, 0.25) is 0 Å². The first-order valence-electron chi connectivity index (χ1n) is 9.72. The van der Waals surface area contributed by atoms with Gasteiger partial charge in [-0.3, -0.25) is 25.8 Å². The average molecular weight is 490 g/mol. The van der Waals surface area contributed by atoms with Gasteiger partial charge in [0.1, 0.15) is 11.5 Å². The molecule has 0 atom stereocenters. The summed E-state index contributed by atoms with van der Waals surface area (Å²) < 4.78 is 66.7. The molecule has 1 aromatic carbocycles. The molecule has 1 amide bonds. The molecular formula is C18H21F3N6O5S. The minimum atomic E-state index is -4.76. The summed E-state index contributed by atoms with van der Waals surface area (Å²) in [6.45, 7) is 1.80. The average Bonchev–Trinajstić information content (AvgIpc) is 3.10. The van der Waals surface area contributed by atoms with E-state index in [0.29, 0.717) is 18.0 Å². The number of benzene rings is 1. The Hall–Kier alpha value is -3.20. The number of hydrazine groups is 1. The summed E-state index contributed by atoms with van der Waals surface area (Å²) in [6, 6.07) is 1.88. The number of anilines is 1. The highest BCUT2D eigenvalue weighted by Crippen LogP contribution is 2.34. The molecule has 15 heteroatoms. The molecule has 0 bridgehead atoms. The molecule has 2 N–H and O–H groups in total. The van der Waals surface area contributed by atoms with Crippen LogP contribution in [0, 0.1) is 23.0 Å². The number of hydrogen-bond acceptors (Lipinski definition) is 7. The SMILES string of the molecule is Cc1nc(S(=O)(=O)N2CCC(C(=O)NNc3ccc(C(F)(F)F)cc3[N+](=O)[O-])CC2)cn1C. The Bertz CT molecular complexity index is 1150. The van der Waals surface area contributed by atoms with Crippen LogP contribution in [0.4, 0.5) is 24.5 Å². The van der Waals surface area contributed by atoms with Crippen LogP contribution < -0.4 is 10.9 Å². The molecule has 1 saturated heterocycles. The molecule has 3 rings (SSSR count). The lowest BCUT2D eigenvalue weighted by molar-refractivity contribution is -0.384. The standard InChI is InChI=1S/C18H21F3N6O5S/c1-11-22-16(10-25(11)2)33(31,32)26-7-5-12(6-8-26)17(28)24-23-14-4-3-13(18(19,20)21)9-15(14)27(29)30/h3-4,9-10,12,23H,5-8H2,1-2H3,(H,24,28). The van der Waals surface area contributed by atoms with Crippen LogP contribution in [-0.4, -0.2) is 46.2 Å². The molecule has 1 aliphatic heterocycles. The van der Waals surface area contributed by atoms with E-state index in [0.717, 1.165) is 6.07 Å². The van der Waals surface area contributed by atoms with E-state index in [1.807, 2.05) is 0 Å². The van der Waals surface area contributed by atoms with Crippen molar-refractivity contribution in [1.82, 2.24) is 19.3 Å². The molecule has 0 spiro atoms. The van der Waals surface area contributed by atoms with Crippen LogP contribution in [0.3, 0.4) is 0 Å². The maximum Gasteiger partial charge on any atom is 0.416 e. The highest BCUT2D eigenvalue weighted by molar-refractivity contribution is 7.89. The van der Waals surface area contributed by atoms with Gasteiger partial charge in [0.15, 0.2) is 5.03 Å². The molecule has 1 aromatic heterocycles. The van der Waals surface area contributed by atoms with E-state index in [1.54, 1.807) is 18.5 Å². The number of sulfonamides is 1. The van der Waals surface area contributed by atoms with Crippen molar-refractivity contribution in [1.29, 1.82) is 0 Å². The number of nitrogens with zero attached hydrogens (tertiary/aromatic N) is 4. The number of alkyl halides is 3. The van der Waals surface area contributed by atoms with Crippen molar-refractivity contribution < 1.29 is 31.3 Å². The van der Waals surface area contributed by atoms with E-state index < -0.39 is 44.2 Å². The lowest BCUT2D eigenvalue weighted by Crippen LogP contribution is -2.44. The first kappa shape index (κ1) is 24.4. The fourth-order valence-corrected chi connectivity index (χ4v) is 4.83. The topological polar surface area (TPSA) is 139 Å². The predicted molar refractivity (Wildman–Crippen MR) is 109 cm³/mol. The molecule has 0 saturated carbocycles. The second-order valence-electron chi connectivity index (χ2n) is 7.52. The van der Waals surface area contributed by atoms with Crippen molar-refractivity contribution in [2.24, 2.45) is 13.0 Å². The zero-order valence-electron chi connectivity index (χ0n) is 17.6. The van der Waals surface area contributed by atoms with E-state index in [2.05, 4.69) is 15.8 Å². The minimum Gasteiger partial charge on any atom is -0.337 e. The number of aryl methyl sites for hydroxylation is 2. The maximum atomic E-state index is 12.8. The number of piperidine rings is 1. The molecule has 11 nitrogen and oxygen atoms in total. The number of aromatic nitrogens is 2. The Morgan fingerprint density at radius 3 is 2.42 bits per heavy atom. The summed E-state index contributed by atoms with van der Waals surface area (Å²) in [5.41, 5.74) is 2.20. The fourth-order valence-electron chi connectivity index (χ4n) is 3.34. The van der Waals surface area contributed by atoms with E-state index in [4.69, 9.17) is 0 Å². The second kappa shape index (κ2) is 8.97. The molecular weight excluding hydrogens is 469 g/mol. The van der Waals surface area contributed by atoms with E-state index in [1.165, 1.54) is 10.5 Å². The van der Waals surface area contributed by atoms with Crippen LogP contribution in [0.15, 0.2) is 29.4 Å². The highest BCUT2D eigenvalue weighted by Gasteiger charge is 2.35. The Kier molecular flexibility index (Phi) is 6.65. The lowest BCUT2D eigenvalue weighted by Gasteiger charge is -2.30. The van der Waals surface area contributed by atoms with Crippen molar-refractivity contribution in [3.8, 4) is 0 Å². The Balaban J connectivity index is 1.61. The van der Waals surface area contributed by atoms with Crippen molar-refractivity contribution in [2.45, 2.75) is 31.0 Å². The lowest BCUT2D eigenvalue weighted by atomic mass is 9.98. The molecule has 0 aliphatic carbocycles. The van der Waals surface area contributed by atoms with E-state index in [-0.39, 0.29) is 36.6 Å². The van der Waals surface area contributed by atoms with Crippen molar-refractivity contribution >= 4 is 27.3 Å². The largest absolute Gasteiger partial charge is 0.416 e. The van der Waals surface area contributed by atoms with Crippen LogP contribution in [0.5, 0.6) is 0 Å². The van der Waals surface area contributed by atoms with Gasteiger partial charge < -0.3 is 4.57 Å². The third-order valence-electron chi connectivity index (χ3n) is 5.36. The first-order valence-corrected chi connectivity index (χ1v) is 11.2. The van der Waals surface area contributed by atoms with Gasteiger partial charge in [-0.2, -0.15) is 17.5 Å². The minimum absolute atomic E-state index is 0.0659. The summed E-state index contributed by atoms with van der Waals surface area (Å²) in [6.07, 6.45) is -2.97. The number of hydrogen-bond donors (Lipinski definition) is 2. The number of halogens is 3. The third-order valence-corrected chi connectivity index (χ3v) is 7.13. The van der Waals surface area contributed by atoms with Gasteiger partial charge in [-0.25, -0.2) is 13.4 Å². The number of rotatable bonds is 6. The van der Waals surface area contributed by atoms with Crippen molar-refractivity contribution in [3.05, 3.63) is 45.9 Å². The summed E-state index contributed by atoms with van der Waals surface area (Å²) in [7, 11) is -2.14. The number of nitro benzene ring substituents is 1. The number of nitro groups is 1. The van der Waals surface area contributed by atoms with Gasteiger partial charge in [0.2, 0.25) is 5.91 Å². The van der Waals surface area contributed by atoms with Gasteiger partial charge in [0.05, 0.1) is 10.5 Å². The number of amides is 1. The maximum absolute atomic E-state index is 12.8. The van der Waals surface area contributed by atoms with Gasteiger partial charge in [-0.15, -0.1) is 0 Å². The number of carbonyl (C=O) groups is 1. The molecule has 0 radical (unpaired) electrons. The van der Waals surface area contributed by atoms with Crippen LogP contribution in [0.25, 0.3) is 0 Å². The molecule has 2 heterocycles. The second-order valence-corrected chi connectivity index (χ2v) is 9.40. The van der Waals surface area contributed by atoms with Crippen LogP contribution in [-0.2, 0) is 28.0 Å². The summed E-state index contributed by atoms with van der Waals surface area (Å²) >= 11 is 0. The highest BCUT2D eigenvalue weighted by atomic mass is 32.2. The summed E-state index contributed by atoms with van der Waals surface area (Å²) in [5, 5.41) is 11.1. The molecule has 1 fully saturated rings. The number of nitrogens with one attached hydrogen (secondary N) is 2. The third kappa shape index (κ3) is 5.24. The van der Waals surface area contributed by atoms with Gasteiger partial charge in [0.25, 0.3) is 15.7 Å². The zero-order valence-corrected chi connectivity index (χ0v) is 18.4. The van der Waals surface area contributed by atoms with Crippen molar-refractivity contribution in [2.75, 3.05) is 18.5 Å². The smallest absolute Gasteiger partial charge is 0.337 e. The zero-order chi connectivity index (χ0) is 24.6. The predicted octanol–water partition coefficient (Wildman–Crippen LogP) is 2.20. The van der Waals surface area contributed by atoms with E-state index >= 15 is 0 Å².